The summed E-state index contributed by atoms with van der Waals surface area (Å²) < 4.78 is 0. The van der Waals surface area contributed by atoms with Crippen molar-refractivity contribution in [2.45, 2.75) is 104 Å². The summed E-state index contributed by atoms with van der Waals surface area (Å²) in [7, 11) is 0. The van der Waals surface area contributed by atoms with E-state index < -0.39 is 0 Å². The van der Waals surface area contributed by atoms with Gasteiger partial charge in [0.25, 0.3) is 0 Å². The molecule has 1 amide bonds. The van der Waals surface area contributed by atoms with Gasteiger partial charge in [-0.2, -0.15) is 0 Å². The third-order valence-corrected chi connectivity index (χ3v) is 5.06. The molecule has 0 heterocycles. The molecule has 0 bridgehead atoms. The highest BCUT2D eigenvalue weighted by atomic mass is 16.3. The van der Waals surface area contributed by atoms with Crippen molar-refractivity contribution in [1.29, 1.82) is 0 Å². The number of carbonyl (C=O) groups excluding carboxylic acids is 1. The van der Waals surface area contributed by atoms with Crippen LogP contribution in [0.3, 0.4) is 0 Å². The Morgan fingerprint density at radius 2 is 1.37 bits per heavy atom. The zero-order valence-electron chi connectivity index (χ0n) is 17.7. The maximum Gasteiger partial charge on any atom is 0.220 e. The van der Waals surface area contributed by atoms with Gasteiger partial charge in [-0.1, -0.05) is 77.1 Å². The number of amides is 1. The second-order valence-electron chi connectivity index (χ2n) is 7.46. The van der Waals surface area contributed by atoms with Crippen molar-refractivity contribution in [3.63, 3.8) is 0 Å². The molecule has 0 aliphatic carbocycles. The van der Waals surface area contributed by atoms with Gasteiger partial charge in [-0.05, 0) is 43.4 Å². The Bertz CT molecular complexity index is 478. The van der Waals surface area contributed by atoms with E-state index >= 15 is 0 Å². The van der Waals surface area contributed by atoms with E-state index in [1.165, 1.54) is 25.7 Å². The van der Waals surface area contributed by atoms with Crippen LogP contribution >= 0.6 is 0 Å². The summed E-state index contributed by atoms with van der Waals surface area (Å²) in [6.45, 7) is 4.38. The van der Waals surface area contributed by atoms with Crippen molar-refractivity contribution in [2.75, 3.05) is 6.61 Å². The minimum Gasteiger partial charge on any atom is -0.396 e. The predicted octanol–water partition coefficient (Wildman–Crippen LogP) is 5.20. The summed E-state index contributed by atoms with van der Waals surface area (Å²) >= 11 is 0. The smallest absolute Gasteiger partial charge is 0.220 e. The van der Waals surface area contributed by atoms with Gasteiger partial charge in [-0.3, -0.25) is 4.79 Å². The lowest BCUT2D eigenvalue weighted by Gasteiger charge is -2.22. The molecule has 0 fully saturated rings. The summed E-state index contributed by atoms with van der Waals surface area (Å²) in [5.74, 6) is 11.7. The van der Waals surface area contributed by atoms with Crippen LogP contribution in [0.5, 0.6) is 0 Å². The van der Waals surface area contributed by atoms with Gasteiger partial charge in [0.2, 0.25) is 5.91 Å². The summed E-state index contributed by atoms with van der Waals surface area (Å²) in [6, 6.07) is 0. The molecule has 0 aliphatic rings. The first kappa shape index (κ1) is 25.6. The fourth-order valence-electron chi connectivity index (χ4n) is 3.28. The quantitative estimate of drug-likeness (QED) is 0.287. The Morgan fingerprint density at radius 3 is 1.93 bits per heavy atom. The molecule has 0 aromatic rings. The lowest BCUT2D eigenvalue weighted by molar-refractivity contribution is -0.124. The molecule has 0 aromatic carbocycles. The number of hydrogen-bond acceptors (Lipinski definition) is 2. The number of nitrogens with two attached hydrogens (primary N) is 1. The SMILES string of the molecule is CCCCCC#CC#CCCCCCCCC(C(N)=O)C(CO)CCCC. The number of aliphatic hydroxyl groups is 1. The van der Waals surface area contributed by atoms with Gasteiger partial charge in [-0.25, -0.2) is 0 Å². The highest BCUT2D eigenvalue weighted by Gasteiger charge is 2.24. The first-order chi connectivity index (χ1) is 13.2. The molecule has 0 rings (SSSR count). The van der Waals surface area contributed by atoms with Crippen molar-refractivity contribution in [2.24, 2.45) is 17.6 Å². The van der Waals surface area contributed by atoms with Gasteiger partial charge >= 0.3 is 0 Å². The molecule has 0 spiro atoms. The van der Waals surface area contributed by atoms with E-state index in [-0.39, 0.29) is 24.3 Å². The third-order valence-electron chi connectivity index (χ3n) is 5.06. The first-order valence-electron chi connectivity index (χ1n) is 11.0. The van der Waals surface area contributed by atoms with Crippen LogP contribution in [-0.4, -0.2) is 17.6 Å². The summed E-state index contributed by atoms with van der Waals surface area (Å²) in [5.41, 5.74) is 5.56. The number of rotatable bonds is 16. The first-order valence-corrected chi connectivity index (χ1v) is 11.0. The standard InChI is InChI=1S/C24H41NO2/c1-3-5-7-8-9-10-11-12-13-14-15-16-17-18-20-23(24(25)27)22(21-26)19-6-4-2/h22-23,26H,3-8,13-21H2,1-2H3,(H2,25,27). The maximum atomic E-state index is 11.7. The van der Waals surface area contributed by atoms with E-state index in [9.17, 15) is 9.90 Å². The minimum atomic E-state index is -0.253. The van der Waals surface area contributed by atoms with Crippen LogP contribution in [-0.2, 0) is 4.79 Å². The van der Waals surface area contributed by atoms with Gasteiger partial charge in [0.15, 0.2) is 0 Å². The Balaban J connectivity index is 3.80. The zero-order valence-corrected chi connectivity index (χ0v) is 17.7. The van der Waals surface area contributed by atoms with Crippen molar-refractivity contribution in [3.8, 4) is 23.7 Å². The van der Waals surface area contributed by atoms with Crippen molar-refractivity contribution >= 4 is 5.91 Å². The predicted molar refractivity (Wildman–Crippen MR) is 115 cm³/mol. The van der Waals surface area contributed by atoms with Crippen LogP contribution in [0, 0.1) is 35.5 Å². The minimum absolute atomic E-state index is 0.0285. The zero-order chi connectivity index (χ0) is 20.2. The van der Waals surface area contributed by atoms with Crippen molar-refractivity contribution < 1.29 is 9.90 Å². The fourth-order valence-corrected chi connectivity index (χ4v) is 3.28. The summed E-state index contributed by atoms with van der Waals surface area (Å²) in [4.78, 5) is 11.7. The average Bonchev–Trinajstić information content (AvgIpc) is 2.66. The highest BCUT2D eigenvalue weighted by molar-refractivity contribution is 5.76. The van der Waals surface area contributed by atoms with Gasteiger partial charge < -0.3 is 10.8 Å². The number of unbranched alkanes of at least 4 members (excludes halogenated alkanes) is 9. The molecule has 27 heavy (non-hydrogen) atoms. The normalized spacial score (nSPS) is 12.4. The van der Waals surface area contributed by atoms with Crippen LogP contribution in [0.1, 0.15) is 104 Å². The van der Waals surface area contributed by atoms with Gasteiger partial charge in [0.1, 0.15) is 0 Å². The van der Waals surface area contributed by atoms with Crippen LogP contribution in [0.15, 0.2) is 0 Å². The lowest BCUT2D eigenvalue weighted by atomic mass is 9.84. The second-order valence-corrected chi connectivity index (χ2v) is 7.46. The van der Waals surface area contributed by atoms with E-state index in [2.05, 4.69) is 37.5 Å². The largest absolute Gasteiger partial charge is 0.396 e. The molecular formula is C24H41NO2. The van der Waals surface area contributed by atoms with Crippen molar-refractivity contribution in [3.05, 3.63) is 0 Å². The number of hydrogen-bond donors (Lipinski definition) is 2. The Morgan fingerprint density at radius 1 is 0.815 bits per heavy atom. The van der Waals surface area contributed by atoms with Gasteiger partial charge in [0.05, 0.1) is 0 Å². The molecule has 3 nitrogen and oxygen atoms in total. The van der Waals surface area contributed by atoms with Crippen LogP contribution in [0.2, 0.25) is 0 Å². The van der Waals surface area contributed by atoms with Crippen LogP contribution < -0.4 is 5.73 Å². The molecule has 0 aliphatic heterocycles. The molecule has 0 aromatic heterocycles. The van der Waals surface area contributed by atoms with Crippen LogP contribution in [0.25, 0.3) is 0 Å². The van der Waals surface area contributed by atoms with Gasteiger partial charge in [-0.15, -0.1) is 0 Å². The van der Waals surface area contributed by atoms with E-state index in [0.717, 1.165) is 64.2 Å². The lowest BCUT2D eigenvalue weighted by Crippen LogP contribution is -2.32. The Kier molecular flexibility index (Phi) is 18.3. The molecular weight excluding hydrogens is 334 g/mol. The highest BCUT2D eigenvalue weighted by Crippen LogP contribution is 2.24. The average molecular weight is 376 g/mol. The van der Waals surface area contributed by atoms with Crippen molar-refractivity contribution in [1.82, 2.24) is 0 Å². The molecule has 0 radical (unpaired) electrons. The molecule has 3 N–H and O–H groups in total. The molecule has 154 valence electrons. The van der Waals surface area contributed by atoms with E-state index in [1.807, 2.05) is 0 Å². The monoisotopic (exact) mass is 375 g/mol. The Hall–Kier alpha value is -1.45. The number of primary amides is 1. The summed E-state index contributed by atoms with van der Waals surface area (Å²) in [5, 5.41) is 9.56. The van der Waals surface area contributed by atoms with Gasteiger partial charge in [0, 0.05) is 25.4 Å². The molecule has 0 saturated carbocycles. The third kappa shape index (κ3) is 15.3. The maximum absolute atomic E-state index is 11.7. The molecule has 2 unspecified atom stereocenters. The Labute approximate surface area is 167 Å². The molecule has 3 heteroatoms. The molecule has 0 saturated heterocycles. The number of aliphatic hydroxyl groups excluding tert-OH is 1. The van der Waals surface area contributed by atoms with E-state index in [1.54, 1.807) is 0 Å². The topological polar surface area (TPSA) is 63.3 Å². The summed E-state index contributed by atoms with van der Waals surface area (Å²) in [6.07, 6.45) is 14.9. The van der Waals surface area contributed by atoms with Crippen LogP contribution in [0.4, 0.5) is 0 Å². The molecule has 2 atom stereocenters. The fraction of sp³-hybridized carbons (Fsp3) is 0.792. The van der Waals surface area contributed by atoms with E-state index in [0.29, 0.717) is 0 Å². The number of carbonyl (C=O) groups is 1. The van der Waals surface area contributed by atoms with E-state index in [4.69, 9.17) is 5.73 Å². The second kappa shape index (κ2) is 19.3.